The fourth-order valence-electron chi connectivity index (χ4n) is 0.300. The van der Waals surface area contributed by atoms with E-state index in [0.29, 0.717) is 0 Å². The Balaban J connectivity index is -0.000000320. The van der Waals surface area contributed by atoms with Gasteiger partial charge in [-0.05, 0) is 0 Å². The second-order valence-electron chi connectivity index (χ2n) is 2.13. The van der Waals surface area contributed by atoms with Crippen LogP contribution in [0.2, 0.25) is 0 Å². The minimum atomic E-state index is -1.11. The van der Waals surface area contributed by atoms with Gasteiger partial charge in [-0.25, -0.2) is 0 Å². The molecule has 4 N–H and O–H groups in total. The summed E-state index contributed by atoms with van der Waals surface area (Å²) in [5.74, 6) is 0. The van der Waals surface area contributed by atoms with Crippen LogP contribution in [0.4, 0.5) is 0 Å². The molecule has 58 valence electrons. The molecular formula is C5H12Na2O4. The SMILES string of the molecule is OCC(CO)(CO)CO.[Na].[Na]. The van der Waals surface area contributed by atoms with Crippen molar-refractivity contribution in [2.75, 3.05) is 26.4 Å². The third-order valence-electron chi connectivity index (χ3n) is 1.34. The normalized spacial score (nSPS) is 9.82. The van der Waals surface area contributed by atoms with Crippen LogP contribution in [0.3, 0.4) is 0 Å². The van der Waals surface area contributed by atoms with E-state index in [2.05, 4.69) is 0 Å². The zero-order valence-corrected chi connectivity index (χ0v) is 11.1. The molecule has 0 fully saturated rings. The smallest absolute Gasteiger partial charge is 0.0627 e. The van der Waals surface area contributed by atoms with Gasteiger partial charge in [0, 0.05) is 59.1 Å². The summed E-state index contributed by atoms with van der Waals surface area (Å²) in [5.41, 5.74) is -1.11. The van der Waals surface area contributed by atoms with Gasteiger partial charge < -0.3 is 20.4 Å². The van der Waals surface area contributed by atoms with Gasteiger partial charge in [-0.1, -0.05) is 0 Å². The summed E-state index contributed by atoms with van der Waals surface area (Å²) >= 11 is 0. The molecule has 0 aromatic carbocycles. The van der Waals surface area contributed by atoms with Crippen LogP contribution in [0, 0.1) is 5.41 Å². The molecule has 0 unspecified atom stereocenters. The molecule has 0 aromatic heterocycles. The summed E-state index contributed by atoms with van der Waals surface area (Å²) in [6, 6.07) is 0. The molecule has 0 aliphatic rings. The Kier molecular flexibility index (Phi) is 16.8. The first kappa shape index (κ1) is 18.6. The Hall–Kier alpha value is 1.84. The summed E-state index contributed by atoms with van der Waals surface area (Å²) < 4.78 is 0. The quantitative estimate of drug-likeness (QED) is 0.353. The number of hydrogen-bond donors (Lipinski definition) is 4. The number of hydrogen-bond acceptors (Lipinski definition) is 4. The molecule has 0 amide bonds. The monoisotopic (exact) mass is 182 g/mol. The maximum absolute atomic E-state index is 8.50. The van der Waals surface area contributed by atoms with Crippen molar-refractivity contribution in [3.8, 4) is 0 Å². The molecule has 0 rings (SSSR count). The predicted octanol–water partition coefficient (Wildman–Crippen LogP) is -2.82. The number of aliphatic hydroxyl groups is 4. The Morgan fingerprint density at radius 1 is 0.636 bits per heavy atom. The van der Waals surface area contributed by atoms with Crippen LogP contribution in [0.25, 0.3) is 0 Å². The maximum atomic E-state index is 8.50. The Labute approximate surface area is 110 Å². The van der Waals surface area contributed by atoms with E-state index < -0.39 is 31.8 Å². The van der Waals surface area contributed by atoms with Gasteiger partial charge in [0.1, 0.15) is 0 Å². The van der Waals surface area contributed by atoms with Gasteiger partial charge in [0.2, 0.25) is 0 Å². The second kappa shape index (κ2) is 9.92. The first-order valence-electron chi connectivity index (χ1n) is 2.68. The number of aliphatic hydroxyl groups excluding tert-OH is 4. The van der Waals surface area contributed by atoms with Crippen molar-refractivity contribution in [3.05, 3.63) is 0 Å². The van der Waals surface area contributed by atoms with E-state index in [1.54, 1.807) is 0 Å². The minimum absolute atomic E-state index is 0. The van der Waals surface area contributed by atoms with Crippen molar-refractivity contribution < 1.29 is 20.4 Å². The molecule has 0 bridgehead atoms. The molecule has 0 saturated heterocycles. The van der Waals surface area contributed by atoms with E-state index >= 15 is 0 Å². The molecule has 11 heavy (non-hydrogen) atoms. The summed E-state index contributed by atoms with van der Waals surface area (Å²) in [5, 5.41) is 34.0. The molecule has 4 nitrogen and oxygen atoms in total. The van der Waals surface area contributed by atoms with Crippen LogP contribution in [0.1, 0.15) is 0 Å². The van der Waals surface area contributed by atoms with Crippen LogP contribution in [0.5, 0.6) is 0 Å². The predicted molar refractivity (Wildman–Crippen MR) is 42.3 cm³/mol. The second-order valence-corrected chi connectivity index (χ2v) is 2.13. The van der Waals surface area contributed by atoms with Gasteiger partial charge in [0.15, 0.2) is 0 Å². The topological polar surface area (TPSA) is 80.9 Å². The maximum Gasteiger partial charge on any atom is 0.0627 e. The summed E-state index contributed by atoms with van der Waals surface area (Å²) in [7, 11) is 0. The van der Waals surface area contributed by atoms with Crippen LogP contribution in [-0.2, 0) is 0 Å². The summed E-state index contributed by atoms with van der Waals surface area (Å²) in [6.07, 6.45) is 0. The molecule has 2 radical (unpaired) electrons. The standard InChI is InChI=1S/C5H12O4.2Na/c6-1-5(2-7,3-8)4-9;;/h6-9H,1-4H2;;. The molecule has 0 aromatic rings. The summed E-state index contributed by atoms with van der Waals surface area (Å²) in [6.45, 7) is -1.62. The van der Waals surface area contributed by atoms with Gasteiger partial charge in [0.05, 0.1) is 31.8 Å². The third kappa shape index (κ3) is 5.99. The van der Waals surface area contributed by atoms with E-state index in [1.807, 2.05) is 0 Å². The van der Waals surface area contributed by atoms with E-state index in [4.69, 9.17) is 20.4 Å². The van der Waals surface area contributed by atoms with Gasteiger partial charge >= 0.3 is 0 Å². The Morgan fingerprint density at radius 2 is 0.818 bits per heavy atom. The van der Waals surface area contributed by atoms with Gasteiger partial charge in [-0.15, -0.1) is 0 Å². The van der Waals surface area contributed by atoms with E-state index in [1.165, 1.54) is 0 Å². The molecular weight excluding hydrogens is 170 g/mol. The van der Waals surface area contributed by atoms with E-state index in [9.17, 15) is 0 Å². The zero-order valence-electron chi connectivity index (χ0n) is 7.12. The van der Waals surface area contributed by atoms with Crippen molar-refractivity contribution in [2.45, 2.75) is 0 Å². The first-order chi connectivity index (χ1) is 4.24. The average molecular weight is 182 g/mol. The number of rotatable bonds is 4. The minimum Gasteiger partial charge on any atom is -0.396 e. The molecule has 0 aliphatic carbocycles. The van der Waals surface area contributed by atoms with Crippen molar-refractivity contribution in [1.82, 2.24) is 0 Å². The third-order valence-corrected chi connectivity index (χ3v) is 1.34. The van der Waals surface area contributed by atoms with Gasteiger partial charge in [0.25, 0.3) is 0 Å². The molecule has 0 heterocycles. The van der Waals surface area contributed by atoms with Crippen LogP contribution in [0.15, 0.2) is 0 Å². The summed E-state index contributed by atoms with van der Waals surface area (Å²) in [4.78, 5) is 0. The Morgan fingerprint density at radius 3 is 0.818 bits per heavy atom. The van der Waals surface area contributed by atoms with Gasteiger partial charge in [-0.3, -0.25) is 0 Å². The van der Waals surface area contributed by atoms with Crippen LogP contribution >= 0.6 is 0 Å². The fraction of sp³-hybridized carbons (Fsp3) is 1.00. The zero-order chi connectivity index (χ0) is 7.33. The van der Waals surface area contributed by atoms with Gasteiger partial charge in [-0.2, -0.15) is 0 Å². The molecule has 0 aliphatic heterocycles. The van der Waals surface area contributed by atoms with Crippen molar-refractivity contribution >= 4 is 59.1 Å². The average Bonchev–Trinajstić information content (AvgIpc) is 1.95. The van der Waals surface area contributed by atoms with Crippen molar-refractivity contribution in [2.24, 2.45) is 5.41 Å². The first-order valence-corrected chi connectivity index (χ1v) is 2.68. The Bertz CT molecular complexity index is 59.4. The van der Waals surface area contributed by atoms with Crippen molar-refractivity contribution in [1.29, 1.82) is 0 Å². The fourth-order valence-corrected chi connectivity index (χ4v) is 0.300. The molecule has 0 spiro atoms. The molecule has 0 atom stereocenters. The van der Waals surface area contributed by atoms with Crippen LogP contribution in [-0.4, -0.2) is 106 Å². The largest absolute Gasteiger partial charge is 0.396 e. The van der Waals surface area contributed by atoms with Crippen molar-refractivity contribution in [3.63, 3.8) is 0 Å². The van der Waals surface area contributed by atoms with E-state index in [-0.39, 0.29) is 59.1 Å². The molecule has 6 heteroatoms. The molecule has 0 saturated carbocycles. The van der Waals surface area contributed by atoms with Crippen LogP contribution < -0.4 is 0 Å². The van der Waals surface area contributed by atoms with E-state index in [0.717, 1.165) is 0 Å².